The number of carbonyl (C=O) groups excluding carboxylic acids is 2. The molecular weight excluding hydrogens is 509 g/mol. The maximum absolute atomic E-state index is 13.0. The van der Waals surface area contributed by atoms with E-state index in [-0.39, 0.29) is 5.91 Å². The van der Waals surface area contributed by atoms with Crippen LogP contribution in [0.15, 0.2) is 36.4 Å². The van der Waals surface area contributed by atoms with Crippen molar-refractivity contribution in [3.05, 3.63) is 47.5 Å². The zero-order valence-electron chi connectivity index (χ0n) is 19.9. The zero-order chi connectivity index (χ0) is 26.3. The van der Waals surface area contributed by atoms with E-state index in [1.165, 1.54) is 6.07 Å². The van der Waals surface area contributed by atoms with Gasteiger partial charge in [0, 0.05) is 25.7 Å². The number of fused-ring (bicyclic) bond motifs is 2. The van der Waals surface area contributed by atoms with Gasteiger partial charge in [-0.3, -0.25) is 9.59 Å². The van der Waals surface area contributed by atoms with Crippen molar-refractivity contribution < 1.29 is 27.5 Å². The van der Waals surface area contributed by atoms with E-state index >= 15 is 0 Å². The Balaban J connectivity index is 1.33. The molecule has 1 atom stereocenters. The van der Waals surface area contributed by atoms with Crippen LogP contribution >= 0.6 is 11.3 Å². The molecule has 2 aromatic carbocycles. The molecule has 0 bridgehead atoms. The molecule has 0 saturated carbocycles. The first kappa shape index (κ1) is 25.0. The second-order valence-electron chi connectivity index (χ2n) is 8.66. The summed E-state index contributed by atoms with van der Waals surface area (Å²) in [5.41, 5.74) is 1.32. The lowest BCUT2D eigenvalue weighted by atomic mass is 10.1. The van der Waals surface area contributed by atoms with Crippen LogP contribution in [-0.4, -0.2) is 63.6 Å². The molecular formula is C24H23F3N6O3S. The van der Waals surface area contributed by atoms with Gasteiger partial charge in [0.15, 0.2) is 5.13 Å². The topological polar surface area (TPSA) is 101 Å². The van der Waals surface area contributed by atoms with Crippen LogP contribution in [0.4, 0.5) is 24.3 Å². The quantitative estimate of drug-likeness (QED) is 0.404. The van der Waals surface area contributed by atoms with Crippen molar-refractivity contribution in [1.29, 1.82) is 0 Å². The lowest BCUT2D eigenvalue weighted by molar-refractivity contribution is -0.137. The Morgan fingerprint density at radius 2 is 1.84 bits per heavy atom. The molecule has 1 aliphatic rings. The number of nitrogens with zero attached hydrogens (tertiary/aromatic N) is 4. The SMILES string of the molecule is CC(NC(=O)c1ccc2c(c1)nc(Nc1nc3ccc(C(F)(F)F)cc3s1)n2C)C(=O)N1CCOCC1. The molecule has 2 aromatic heterocycles. The Labute approximate surface area is 213 Å². The maximum Gasteiger partial charge on any atom is 0.416 e. The molecule has 13 heteroatoms. The first-order valence-electron chi connectivity index (χ1n) is 11.5. The number of ether oxygens (including phenoxy) is 1. The van der Waals surface area contributed by atoms with Crippen molar-refractivity contribution in [3.63, 3.8) is 0 Å². The first-order valence-corrected chi connectivity index (χ1v) is 12.3. The number of aromatic nitrogens is 3. The Hall–Kier alpha value is -3.71. The molecule has 1 unspecified atom stereocenters. The molecule has 194 valence electrons. The summed E-state index contributed by atoms with van der Waals surface area (Å²) in [7, 11) is 1.77. The molecule has 2 amide bonds. The van der Waals surface area contributed by atoms with Crippen molar-refractivity contribution in [1.82, 2.24) is 24.8 Å². The third kappa shape index (κ3) is 5.09. The zero-order valence-corrected chi connectivity index (χ0v) is 20.7. The lowest BCUT2D eigenvalue weighted by Gasteiger charge is -2.29. The summed E-state index contributed by atoms with van der Waals surface area (Å²) in [6.07, 6.45) is -4.43. The van der Waals surface area contributed by atoms with Crippen LogP contribution in [0.3, 0.4) is 0 Å². The van der Waals surface area contributed by atoms with Crippen molar-refractivity contribution >= 4 is 55.5 Å². The van der Waals surface area contributed by atoms with E-state index in [0.717, 1.165) is 29.0 Å². The van der Waals surface area contributed by atoms with Crippen LogP contribution in [0, 0.1) is 0 Å². The molecule has 4 aromatic rings. The fourth-order valence-electron chi connectivity index (χ4n) is 4.10. The molecule has 1 saturated heterocycles. The summed E-state index contributed by atoms with van der Waals surface area (Å²) in [5.74, 6) is -0.151. The van der Waals surface area contributed by atoms with Gasteiger partial charge >= 0.3 is 6.18 Å². The summed E-state index contributed by atoms with van der Waals surface area (Å²) < 4.78 is 46.5. The summed E-state index contributed by atoms with van der Waals surface area (Å²) in [4.78, 5) is 36.0. The van der Waals surface area contributed by atoms with Gasteiger partial charge in [0.1, 0.15) is 6.04 Å². The van der Waals surface area contributed by atoms with Crippen LogP contribution in [0.25, 0.3) is 21.3 Å². The monoisotopic (exact) mass is 532 g/mol. The Morgan fingerprint density at radius 3 is 2.57 bits per heavy atom. The number of hydrogen-bond donors (Lipinski definition) is 2. The molecule has 5 rings (SSSR count). The Bertz CT molecular complexity index is 1490. The predicted molar refractivity (Wildman–Crippen MR) is 133 cm³/mol. The van der Waals surface area contributed by atoms with Gasteiger partial charge in [-0.25, -0.2) is 9.97 Å². The molecule has 9 nitrogen and oxygen atoms in total. The molecule has 1 fully saturated rings. The third-order valence-corrected chi connectivity index (χ3v) is 7.05. The van der Waals surface area contributed by atoms with E-state index in [2.05, 4.69) is 20.6 Å². The van der Waals surface area contributed by atoms with E-state index in [4.69, 9.17) is 4.74 Å². The number of imidazole rings is 1. The number of alkyl halides is 3. The number of amides is 2. The first-order chi connectivity index (χ1) is 17.6. The molecule has 3 heterocycles. The summed E-state index contributed by atoms with van der Waals surface area (Å²) in [5, 5.41) is 6.19. The van der Waals surface area contributed by atoms with Crippen molar-refractivity contribution in [3.8, 4) is 0 Å². The fourth-order valence-corrected chi connectivity index (χ4v) is 5.00. The highest BCUT2D eigenvalue weighted by molar-refractivity contribution is 7.22. The highest BCUT2D eigenvalue weighted by atomic mass is 32.1. The maximum atomic E-state index is 13.0. The minimum atomic E-state index is -4.43. The van der Waals surface area contributed by atoms with E-state index in [0.29, 0.717) is 58.7 Å². The number of thiazole rings is 1. The highest BCUT2D eigenvalue weighted by Gasteiger charge is 2.31. The number of carbonyl (C=O) groups is 2. The van der Waals surface area contributed by atoms with Gasteiger partial charge in [-0.05, 0) is 43.3 Å². The number of nitrogens with one attached hydrogen (secondary N) is 2. The van der Waals surface area contributed by atoms with E-state index in [1.807, 2.05) is 0 Å². The van der Waals surface area contributed by atoms with E-state index < -0.39 is 23.7 Å². The minimum absolute atomic E-state index is 0.166. The normalized spacial score (nSPS) is 15.2. The number of benzene rings is 2. The summed E-state index contributed by atoms with van der Waals surface area (Å²) >= 11 is 1.09. The standard InChI is InChI=1S/C24H23F3N6O3S/c1-13(21(35)33-7-9-36-10-8-33)28-20(34)14-3-6-18-17(11-14)29-22(32(18)2)31-23-30-16-5-4-15(24(25,26)27)12-19(16)37-23/h3-6,11-13H,7-10H2,1-2H3,(H,28,34)(H,29,30,31). The van der Waals surface area contributed by atoms with Gasteiger partial charge in [-0.2, -0.15) is 13.2 Å². The average Bonchev–Trinajstić information content (AvgIpc) is 3.42. The number of halogens is 3. The van der Waals surface area contributed by atoms with Gasteiger partial charge in [0.25, 0.3) is 5.91 Å². The molecule has 37 heavy (non-hydrogen) atoms. The summed E-state index contributed by atoms with van der Waals surface area (Å²) in [6, 6.07) is 7.72. The fraction of sp³-hybridized carbons (Fsp3) is 0.333. The predicted octanol–water partition coefficient (Wildman–Crippen LogP) is 3.92. The van der Waals surface area contributed by atoms with Crippen LogP contribution in [-0.2, 0) is 22.8 Å². The molecule has 0 spiro atoms. The molecule has 0 radical (unpaired) electrons. The summed E-state index contributed by atoms with van der Waals surface area (Å²) in [6.45, 7) is 3.59. The van der Waals surface area contributed by atoms with Gasteiger partial charge < -0.3 is 24.8 Å². The average molecular weight is 533 g/mol. The number of rotatable bonds is 5. The largest absolute Gasteiger partial charge is 0.416 e. The Kier molecular flexibility index (Phi) is 6.50. The molecule has 0 aliphatic carbocycles. The number of hydrogen-bond acceptors (Lipinski definition) is 7. The van der Waals surface area contributed by atoms with E-state index in [1.54, 1.807) is 41.6 Å². The van der Waals surface area contributed by atoms with Crippen LogP contribution in [0.1, 0.15) is 22.8 Å². The van der Waals surface area contributed by atoms with Gasteiger partial charge in [0.2, 0.25) is 11.9 Å². The van der Waals surface area contributed by atoms with Crippen molar-refractivity contribution in [2.75, 3.05) is 31.6 Å². The van der Waals surface area contributed by atoms with Crippen LogP contribution in [0.5, 0.6) is 0 Å². The van der Waals surface area contributed by atoms with E-state index in [9.17, 15) is 22.8 Å². The van der Waals surface area contributed by atoms with Gasteiger partial charge in [0.05, 0.1) is 40.0 Å². The number of aryl methyl sites for hydroxylation is 1. The third-order valence-electron chi connectivity index (χ3n) is 6.12. The van der Waals surface area contributed by atoms with Crippen molar-refractivity contribution in [2.45, 2.75) is 19.1 Å². The van der Waals surface area contributed by atoms with Gasteiger partial charge in [-0.15, -0.1) is 0 Å². The lowest BCUT2D eigenvalue weighted by Crippen LogP contribution is -2.50. The van der Waals surface area contributed by atoms with Crippen molar-refractivity contribution in [2.24, 2.45) is 7.05 Å². The smallest absolute Gasteiger partial charge is 0.378 e. The minimum Gasteiger partial charge on any atom is -0.378 e. The second kappa shape index (κ2) is 9.63. The van der Waals surface area contributed by atoms with Crippen LogP contribution in [0.2, 0.25) is 0 Å². The molecule has 1 aliphatic heterocycles. The Morgan fingerprint density at radius 1 is 1.08 bits per heavy atom. The highest BCUT2D eigenvalue weighted by Crippen LogP contribution is 2.35. The molecule has 2 N–H and O–H groups in total. The number of anilines is 2. The van der Waals surface area contributed by atoms with Gasteiger partial charge in [-0.1, -0.05) is 11.3 Å². The second-order valence-corrected chi connectivity index (χ2v) is 9.69. The number of morpholine rings is 1. The van der Waals surface area contributed by atoms with Crippen LogP contribution < -0.4 is 10.6 Å².